The number of nitrogens with one attached hydrogen (secondary N) is 1. The molecule has 0 saturated heterocycles. The molecule has 1 amide bonds. The molecule has 0 aliphatic heterocycles. The topological polar surface area (TPSA) is 58.6 Å². The van der Waals surface area contributed by atoms with Crippen LogP contribution in [0.5, 0.6) is 11.5 Å². The molecule has 0 atom stereocenters. The van der Waals surface area contributed by atoms with Gasteiger partial charge in [-0.05, 0) is 49.8 Å². The molecule has 0 radical (unpaired) electrons. The molecule has 1 aromatic rings. The number of allylic oxidation sites excluding steroid dienone is 4. The molecule has 2 N–H and O–H groups in total. The summed E-state index contributed by atoms with van der Waals surface area (Å²) in [6, 6.07) is 5.12. The lowest BCUT2D eigenvalue weighted by molar-refractivity contribution is -0.121. The molecule has 30 heavy (non-hydrogen) atoms. The Morgan fingerprint density at radius 1 is 0.967 bits per heavy atom. The second-order valence-corrected chi connectivity index (χ2v) is 7.76. The van der Waals surface area contributed by atoms with Crippen molar-refractivity contribution >= 4 is 5.91 Å². The number of amides is 1. The minimum absolute atomic E-state index is 0.0796. The fraction of sp³-hybridized carbons (Fsp3) is 0.577. The highest BCUT2D eigenvalue weighted by Gasteiger charge is 2.05. The van der Waals surface area contributed by atoms with Gasteiger partial charge in [0.1, 0.15) is 0 Å². The average Bonchev–Trinajstić information content (AvgIpc) is 2.75. The quantitative estimate of drug-likeness (QED) is 0.216. The Balaban J connectivity index is 1.95. The van der Waals surface area contributed by atoms with Crippen molar-refractivity contribution in [3.63, 3.8) is 0 Å². The van der Waals surface area contributed by atoms with Crippen molar-refractivity contribution in [3.05, 3.63) is 48.1 Å². The summed E-state index contributed by atoms with van der Waals surface area (Å²) < 4.78 is 5.08. The van der Waals surface area contributed by atoms with Crippen molar-refractivity contribution in [3.8, 4) is 11.5 Å². The molecular weight excluding hydrogens is 374 g/mol. The molecule has 0 unspecified atom stereocenters. The third-order valence-electron chi connectivity index (χ3n) is 5.09. The van der Waals surface area contributed by atoms with Crippen molar-refractivity contribution in [1.82, 2.24) is 5.32 Å². The second-order valence-electron chi connectivity index (χ2n) is 7.76. The molecule has 0 fully saturated rings. The van der Waals surface area contributed by atoms with Crippen molar-refractivity contribution < 1.29 is 14.6 Å². The third kappa shape index (κ3) is 13.1. The Labute approximate surface area is 183 Å². The van der Waals surface area contributed by atoms with Gasteiger partial charge in [0.2, 0.25) is 5.91 Å². The maximum Gasteiger partial charge on any atom is 0.220 e. The van der Waals surface area contributed by atoms with Gasteiger partial charge >= 0.3 is 0 Å². The van der Waals surface area contributed by atoms with E-state index in [0.717, 1.165) is 24.8 Å². The van der Waals surface area contributed by atoms with Crippen molar-refractivity contribution in [1.29, 1.82) is 0 Å². The number of aromatic hydroxyl groups is 1. The maximum atomic E-state index is 12.0. The van der Waals surface area contributed by atoms with Crippen LogP contribution in [0.1, 0.15) is 89.5 Å². The zero-order valence-electron chi connectivity index (χ0n) is 19.0. The van der Waals surface area contributed by atoms with E-state index in [1.807, 2.05) is 0 Å². The Morgan fingerprint density at radius 2 is 1.63 bits per heavy atom. The van der Waals surface area contributed by atoms with Crippen LogP contribution in [0, 0.1) is 0 Å². The number of unbranched alkanes of at least 4 members (excludes halogenated alkanes) is 8. The Hall–Kier alpha value is -2.23. The molecule has 0 bridgehead atoms. The van der Waals surface area contributed by atoms with E-state index in [-0.39, 0.29) is 11.7 Å². The standard InChI is InChI=1S/C26H41NO3/c1-3-4-5-6-7-8-9-10-11-12-13-14-15-16-17-18-26(29)27-22-23-19-20-24(28)25(21-23)30-2/h6-7,9-10,19-21,28H,3-5,8,11-18,22H2,1-2H3,(H,27,29)/b7-6+,10-9+. The molecule has 0 heterocycles. The number of phenols is 1. The number of carbonyl (C=O) groups excluding carboxylic acids is 1. The van der Waals surface area contributed by atoms with E-state index in [1.165, 1.54) is 58.5 Å². The molecule has 1 aromatic carbocycles. The van der Waals surface area contributed by atoms with Crippen molar-refractivity contribution in [2.45, 2.75) is 90.5 Å². The van der Waals surface area contributed by atoms with Crippen LogP contribution in [0.4, 0.5) is 0 Å². The van der Waals surface area contributed by atoms with E-state index < -0.39 is 0 Å². The molecule has 4 heteroatoms. The van der Waals surface area contributed by atoms with Gasteiger partial charge in [-0.2, -0.15) is 0 Å². The number of ether oxygens (including phenoxy) is 1. The van der Waals surface area contributed by atoms with Crippen LogP contribution in [0.3, 0.4) is 0 Å². The van der Waals surface area contributed by atoms with Gasteiger partial charge in [0, 0.05) is 13.0 Å². The molecule has 168 valence electrons. The summed E-state index contributed by atoms with van der Waals surface area (Å²) in [6.07, 6.45) is 22.7. The lowest BCUT2D eigenvalue weighted by Gasteiger charge is -2.08. The number of carbonyl (C=O) groups is 1. The third-order valence-corrected chi connectivity index (χ3v) is 5.09. The lowest BCUT2D eigenvalue weighted by atomic mass is 10.1. The van der Waals surface area contributed by atoms with Gasteiger partial charge in [0.05, 0.1) is 7.11 Å². The van der Waals surface area contributed by atoms with Crippen LogP contribution in [-0.4, -0.2) is 18.1 Å². The highest BCUT2D eigenvalue weighted by Crippen LogP contribution is 2.26. The number of hydrogen-bond donors (Lipinski definition) is 2. The summed E-state index contributed by atoms with van der Waals surface area (Å²) in [4.78, 5) is 12.0. The molecule has 0 aliphatic rings. The van der Waals surface area contributed by atoms with E-state index >= 15 is 0 Å². The van der Waals surface area contributed by atoms with E-state index in [4.69, 9.17) is 4.74 Å². The van der Waals surface area contributed by atoms with Gasteiger partial charge < -0.3 is 15.2 Å². The molecule has 0 spiro atoms. The predicted molar refractivity (Wildman–Crippen MR) is 126 cm³/mol. The maximum absolute atomic E-state index is 12.0. The Kier molecular flexibility index (Phi) is 15.2. The second kappa shape index (κ2) is 17.6. The Bertz CT molecular complexity index is 637. The zero-order valence-corrected chi connectivity index (χ0v) is 19.0. The fourth-order valence-electron chi connectivity index (χ4n) is 3.20. The predicted octanol–water partition coefficient (Wildman–Crippen LogP) is 6.83. The monoisotopic (exact) mass is 415 g/mol. The molecule has 4 nitrogen and oxygen atoms in total. The van der Waals surface area contributed by atoms with Crippen LogP contribution < -0.4 is 10.1 Å². The van der Waals surface area contributed by atoms with Crippen LogP contribution >= 0.6 is 0 Å². The Morgan fingerprint density at radius 3 is 2.33 bits per heavy atom. The van der Waals surface area contributed by atoms with E-state index in [9.17, 15) is 9.90 Å². The van der Waals surface area contributed by atoms with E-state index in [2.05, 4.69) is 36.5 Å². The number of rotatable bonds is 17. The highest BCUT2D eigenvalue weighted by molar-refractivity contribution is 5.75. The van der Waals surface area contributed by atoms with Crippen LogP contribution in [0.25, 0.3) is 0 Å². The number of benzene rings is 1. The molecule has 0 saturated carbocycles. The van der Waals surface area contributed by atoms with Gasteiger partial charge in [-0.25, -0.2) is 0 Å². The van der Waals surface area contributed by atoms with Gasteiger partial charge in [-0.3, -0.25) is 4.79 Å². The fourth-order valence-corrected chi connectivity index (χ4v) is 3.20. The molecular formula is C26H41NO3. The molecule has 0 aromatic heterocycles. The minimum Gasteiger partial charge on any atom is -0.504 e. The minimum atomic E-state index is 0.0796. The average molecular weight is 416 g/mol. The molecule has 1 rings (SSSR count). The largest absolute Gasteiger partial charge is 0.504 e. The van der Waals surface area contributed by atoms with Gasteiger partial charge in [0.25, 0.3) is 0 Å². The van der Waals surface area contributed by atoms with Crippen LogP contribution in [0.2, 0.25) is 0 Å². The number of hydrogen-bond acceptors (Lipinski definition) is 3. The SMILES string of the molecule is CCCC/C=C/C/C=C/CCCCCCCCC(=O)NCc1ccc(O)c(OC)c1. The van der Waals surface area contributed by atoms with Crippen LogP contribution in [0.15, 0.2) is 42.5 Å². The number of phenolic OH excluding ortho intramolecular Hbond substituents is 1. The van der Waals surface area contributed by atoms with Gasteiger partial charge in [-0.15, -0.1) is 0 Å². The normalized spacial score (nSPS) is 11.4. The smallest absolute Gasteiger partial charge is 0.220 e. The highest BCUT2D eigenvalue weighted by atomic mass is 16.5. The summed E-state index contributed by atoms with van der Waals surface area (Å²) in [5, 5.41) is 12.5. The first-order chi connectivity index (χ1) is 14.7. The number of methoxy groups -OCH3 is 1. The van der Waals surface area contributed by atoms with E-state index in [1.54, 1.807) is 18.2 Å². The van der Waals surface area contributed by atoms with Gasteiger partial charge in [0.15, 0.2) is 11.5 Å². The van der Waals surface area contributed by atoms with E-state index in [0.29, 0.717) is 18.7 Å². The van der Waals surface area contributed by atoms with Crippen molar-refractivity contribution in [2.24, 2.45) is 0 Å². The van der Waals surface area contributed by atoms with Crippen LogP contribution in [-0.2, 0) is 11.3 Å². The lowest BCUT2D eigenvalue weighted by Crippen LogP contribution is -2.22. The van der Waals surface area contributed by atoms with Crippen molar-refractivity contribution in [2.75, 3.05) is 7.11 Å². The first kappa shape index (κ1) is 25.8. The summed E-state index contributed by atoms with van der Waals surface area (Å²) in [5.74, 6) is 0.617. The summed E-state index contributed by atoms with van der Waals surface area (Å²) in [7, 11) is 1.52. The summed E-state index contributed by atoms with van der Waals surface area (Å²) >= 11 is 0. The first-order valence-corrected chi connectivity index (χ1v) is 11.6. The molecule has 0 aliphatic carbocycles. The first-order valence-electron chi connectivity index (χ1n) is 11.6. The zero-order chi connectivity index (χ0) is 21.9. The summed E-state index contributed by atoms with van der Waals surface area (Å²) in [6.45, 7) is 2.68. The summed E-state index contributed by atoms with van der Waals surface area (Å²) in [5.41, 5.74) is 0.916. The van der Waals surface area contributed by atoms with Gasteiger partial charge in [-0.1, -0.05) is 75.8 Å².